The van der Waals surface area contributed by atoms with E-state index in [1.165, 1.54) is 13.2 Å². The average molecular weight is 298 g/mol. The molecular formula is C12H14N2O7. The van der Waals surface area contributed by atoms with Gasteiger partial charge in [-0.2, -0.15) is 0 Å². The molecule has 1 rings (SSSR count). The number of ether oxygens (including phenoxy) is 2. The van der Waals surface area contributed by atoms with E-state index in [2.05, 4.69) is 10.1 Å². The lowest BCUT2D eigenvalue weighted by Gasteiger charge is -2.15. The lowest BCUT2D eigenvalue weighted by atomic mass is 10.1. The number of nitro benzene ring substituents is 1. The van der Waals surface area contributed by atoms with Gasteiger partial charge >= 0.3 is 5.97 Å². The second-order valence-electron chi connectivity index (χ2n) is 3.87. The fourth-order valence-electron chi connectivity index (χ4n) is 1.54. The molecule has 1 aromatic carbocycles. The molecule has 0 aliphatic carbocycles. The number of carbonyl (C=O) groups excluding carboxylic acids is 2. The molecule has 0 aliphatic heterocycles. The van der Waals surface area contributed by atoms with Gasteiger partial charge in [-0.3, -0.25) is 14.9 Å². The van der Waals surface area contributed by atoms with Crippen LogP contribution < -0.4 is 10.1 Å². The molecule has 1 unspecified atom stereocenters. The van der Waals surface area contributed by atoms with Crippen LogP contribution >= 0.6 is 0 Å². The molecule has 0 saturated carbocycles. The molecule has 0 saturated heterocycles. The Morgan fingerprint density at radius 2 is 2.10 bits per heavy atom. The van der Waals surface area contributed by atoms with Crippen molar-refractivity contribution < 1.29 is 29.1 Å². The molecule has 0 radical (unpaired) electrons. The minimum atomic E-state index is -1.23. The largest absolute Gasteiger partial charge is 0.496 e. The number of nitrogens with zero attached hydrogens (tertiary/aromatic N) is 1. The summed E-state index contributed by atoms with van der Waals surface area (Å²) in [5.41, 5.74) is -0.250. The average Bonchev–Trinajstić information content (AvgIpc) is 2.50. The van der Waals surface area contributed by atoms with Crippen LogP contribution in [-0.2, 0) is 9.53 Å². The van der Waals surface area contributed by atoms with Gasteiger partial charge in [-0.15, -0.1) is 0 Å². The summed E-state index contributed by atoms with van der Waals surface area (Å²) in [6, 6.07) is 2.17. The van der Waals surface area contributed by atoms with Crippen molar-refractivity contribution in [2.45, 2.75) is 6.04 Å². The standard InChI is InChI=1S/C12H14N2O7/c1-20-10-5-7(14(18)19)3-4-8(10)11(16)13-9(6-15)12(17)21-2/h3-5,9,15H,6H2,1-2H3,(H,13,16). The Kier molecular flexibility index (Phi) is 5.61. The molecule has 9 nitrogen and oxygen atoms in total. The Labute approximate surface area is 119 Å². The first-order chi connectivity index (χ1) is 9.94. The lowest BCUT2D eigenvalue weighted by Crippen LogP contribution is -2.44. The third kappa shape index (κ3) is 3.89. The smallest absolute Gasteiger partial charge is 0.330 e. The molecule has 0 heterocycles. The van der Waals surface area contributed by atoms with Crippen LogP contribution in [0.25, 0.3) is 0 Å². The Morgan fingerprint density at radius 3 is 2.57 bits per heavy atom. The zero-order chi connectivity index (χ0) is 16.0. The van der Waals surface area contributed by atoms with E-state index >= 15 is 0 Å². The van der Waals surface area contributed by atoms with Gasteiger partial charge < -0.3 is 19.9 Å². The van der Waals surface area contributed by atoms with Crippen molar-refractivity contribution in [1.29, 1.82) is 0 Å². The van der Waals surface area contributed by atoms with Crippen molar-refractivity contribution in [2.75, 3.05) is 20.8 Å². The molecule has 0 aliphatic rings. The van der Waals surface area contributed by atoms with E-state index in [1.807, 2.05) is 0 Å². The van der Waals surface area contributed by atoms with Gasteiger partial charge in [-0.1, -0.05) is 0 Å². The number of benzene rings is 1. The highest BCUT2D eigenvalue weighted by Gasteiger charge is 2.23. The van der Waals surface area contributed by atoms with Crippen molar-refractivity contribution in [3.05, 3.63) is 33.9 Å². The predicted molar refractivity (Wildman–Crippen MR) is 70.0 cm³/mol. The van der Waals surface area contributed by atoms with Gasteiger partial charge in [0.1, 0.15) is 5.75 Å². The summed E-state index contributed by atoms with van der Waals surface area (Å²) < 4.78 is 9.33. The minimum Gasteiger partial charge on any atom is -0.496 e. The number of esters is 1. The monoisotopic (exact) mass is 298 g/mol. The Bertz CT molecular complexity index is 559. The van der Waals surface area contributed by atoms with Gasteiger partial charge in [0, 0.05) is 6.07 Å². The maximum absolute atomic E-state index is 12.0. The summed E-state index contributed by atoms with van der Waals surface area (Å²) in [4.78, 5) is 33.3. The molecule has 21 heavy (non-hydrogen) atoms. The van der Waals surface area contributed by atoms with Crippen LogP contribution in [0.2, 0.25) is 0 Å². The lowest BCUT2D eigenvalue weighted by molar-refractivity contribution is -0.384. The second-order valence-corrected chi connectivity index (χ2v) is 3.87. The number of nitro groups is 1. The molecule has 1 amide bonds. The molecular weight excluding hydrogens is 284 g/mol. The number of hydrogen-bond donors (Lipinski definition) is 2. The first-order valence-electron chi connectivity index (χ1n) is 5.76. The normalized spacial score (nSPS) is 11.4. The van der Waals surface area contributed by atoms with Crippen LogP contribution in [0.15, 0.2) is 18.2 Å². The highest BCUT2D eigenvalue weighted by atomic mass is 16.6. The fraction of sp³-hybridized carbons (Fsp3) is 0.333. The molecule has 1 atom stereocenters. The summed E-state index contributed by atoms with van der Waals surface area (Å²) in [5, 5.41) is 21.9. The maximum atomic E-state index is 12.0. The number of nitrogens with one attached hydrogen (secondary N) is 1. The topological polar surface area (TPSA) is 128 Å². The van der Waals surface area contributed by atoms with Crippen molar-refractivity contribution >= 4 is 17.6 Å². The molecule has 114 valence electrons. The van der Waals surface area contributed by atoms with Gasteiger partial charge in [0.25, 0.3) is 11.6 Å². The molecule has 9 heteroatoms. The molecule has 0 bridgehead atoms. The molecule has 0 aromatic heterocycles. The van der Waals surface area contributed by atoms with E-state index in [0.29, 0.717) is 0 Å². The van der Waals surface area contributed by atoms with Gasteiger partial charge in [-0.05, 0) is 6.07 Å². The van der Waals surface area contributed by atoms with E-state index in [9.17, 15) is 19.7 Å². The summed E-state index contributed by atoms with van der Waals surface area (Å²) >= 11 is 0. The maximum Gasteiger partial charge on any atom is 0.330 e. The zero-order valence-electron chi connectivity index (χ0n) is 11.4. The Morgan fingerprint density at radius 1 is 1.43 bits per heavy atom. The quantitative estimate of drug-likeness (QED) is 0.425. The molecule has 2 N–H and O–H groups in total. The first kappa shape index (κ1) is 16.4. The van der Waals surface area contributed by atoms with E-state index in [0.717, 1.165) is 19.2 Å². The number of methoxy groups -OCH3 is 2. The van der Waals surface area contributed by atoms with Crippen LogP contribution in [0, 0.1) is 10.1 Å². The van der Waals surface area contributed by atoms with Crippen LogP contribution in [-0.4, -0.2) is 48.8 Å². The number of carbonyl (C=O) groups is 2. The summed E-state index contributed by atoms with van der Waals surface area (Å²) in [6.45, 7) is -0.645. The zero-order valence-corrected chi connectivity index (χ0v) is 11.4. The first-order valence-corrected chi connectivity index (χ1v) is 5.76. The highest BCUT2D eigenvalue weighted by molar-refractivity contribution is 5.99. The number of aliphatic hydroxyl groups is 1. The van der Waals surface area contributed by atoms with Crippen molar-refractivity contribution in [1.82, 2.24) is 5.32 Å². The highest BCUT2D eigenvalue weighted by Crippen LogP contribution is 2.24. The predicted octanol–water partition coefficient (Wildman–Crippen LogP) is -0.133. The Balaban J connectivity index is 3.01. The third-order valence-electron chi connectivity index (χ3n) is 2.61. The molecule has 0 fully saturated rings. The minimum absolute atomic E-state index is 0.00884. The van der Waals surface area contributed by atoms with E-state index < -0.39 is 29.4 Å². The second kappa shape index (κ2) is 7.20. The number of non-ortho nitro benzene ring substituents is 1. The summed E-state index contributed by atoms with van der Waals surface area (Å²) in [7, 11) is 2.36. The molecule has 1 aromatic rings. The van der Waals surface area contributed by atoms with Crippen LogP contribution in [0.5, 0.6) is 5.75 Å². The van der Waals surface area contributed by atoms with Gasteiger partial charge in [-0.25, -0.2) is 4.79 Å². The van der Waals surface area contributed by atoms with E-state index in [4.69, 9.17) is 9.84 Å². The van der Waals surface area contributed by atoms with E-state index in [1.54, 1.807) is 0 Å². The number of hydrogen-bond acceptors (Lipinski definition) is 7. The fourth-order valence-corrected chi connectivity index (χ4v) is 1.54. The molecule has 0 spiro atoms. The number of amides is 1. The Hall–Kier alpha value is -2.68. The van der Waals surface area contributed by atoms with Gasteiger partial charge in [0.2, 0.25) is 0 Å². The van der Waals surface area contributed by atoms with Crippen molar-refractivity contribution in [2.24, 2.45) is 0 Å². The van der Waals surface area contributed by atoms with Crippen LogP contribution in [0.4, 0.5) is 5.69 Å². The SMILES string of the molecule is COC(=O)C(CO)NC(=O)c1ccc([N+](=O)[O-])cc1OC. The van der Waals surface area contributed by atoms with Gasteiger partial charge in [0.05, 0.1) is 37.4 Å². The third-order valence-corrected chi connectivity index (χ3v) is 2.61. The number of aliphatic hydroxyl groups excluding tert-OH is 1. The van der Waals surface area contributed by atoms with Crippen LogP contribution in [0.1, 0.15) is 10.4 Å². The van der Waals surface area contributed by atoms with Crippen molar-refractivity contribution in [3.63, 3.8) is 0 Å². The van der Waals surface area contributed by atoms with E-state index in [-0.39, 0.29) is 17.0 Å². The van der Waals surface area contributed by atoms with Gasteiger partial charge in [0.15, 0.2) is 6.04 Å². The van der Waals surface area contributed by atoms with Crippen molar-refractivity contribution in [3.8, 4) is 5.75 Å². The van der Waals surface area contributed by atoms with Crippen LogP contribution in [0.3, 0.4) is 0 Å². The summed E-state index contributed by atoms with van der Waals surface area (Å²) in [5.74, 6) is -1.57. The number of rotatable bonds is 6. The summed E-state index contributed by atoms with van der Waals surface area (Å²) in [6.07, 6.45) is 0.